The summed E-state index contributed by atoms with van der Waals surface area (Å²) in [7, 11) is 0. The van der Waals surface area contributed by atoms with Crippen LogP contribution in [0.2, 0.25) is 5.02 Å². The number of amides is 2. The molecule has 0 aromatic heterocycles. The number of nitrogens with zero attached hydrogens (tertiary/aromatic N) is 2. The number of hydrogen-bond acceptors (Lipinski definition) is 6. The fourth-order valence-electron chi connectivity index (χ4n) is 6.95. The highest BCUT2D eigenvalue weighted by Crippen LogP contribution is 2.65. The number of aryl methyl sites for hydroxylation is 1. The Balaban J connectivity index is 1.82. The minimum absolute atomic E-state index is 0.0612. The molecule has 3 aliphatic rings. The van der Waals surface area contributed by atoms with Crippen LogP contribution >= 0.6 is 11.6 Å². The largest absolute Gasteiger partial charge is 0.466 e. The molecule has 6 atom stereocenters. The summed E-state index contributed by atoms with van der Waals surface area (Å²) in [4.78, 5) is 45.2. The second-order valence-electron chi connectivity index (χ2n) is 10.9. The highest BCUT2D eigenvalue weighted by molar-refractivity contribution is 6.34. The van der Waals surface area contributed by atoms with Crippen molar-refractivity contribution in [2.24, 2.45) is 17.8 Å². The van der Waals surface area contributed by atoms with Gasteiger partial charge in [0.15, 0.2) is 0 Å². The number of hydrogen-bond donors (Lipinski definition) is 1. The van der Waals surface area contributed by atoms with Crippen molar-refractivity contribution in [2.75, 3.05) is 31.2 Å². The number of rotatable bonds is 11. The number of para-hydroxylation sites is 1. The van der Waals surface area contributed by atoms with E-state index < -0.39 is 35.0 Å². The lowest BCUT2D eigenvalue weighted by molar-refractivity contribution is -0.161. The van der Waals surface area contributed by atoms with Crippen molar-refractivity contribution in [1.82, 2.24) is 4.90 Å². The molecule has 2 bridgehead atoms. The number of halogens is 1. The quantitative estimate of drug-likeness (QED) is 0.257. The van der Waals surface area contributed by atoms with Crippen LogP contribution in [0.1, 0.15) is 52.0 Å². The number of carbonyl (C=O) groups is 3. The Morgan fingerprint density at radius 1 is 1.34 bits per heavy atom. The molecule has 3 heterocycles. The molecule has 9 heteroatoms. The second-order valence-corrected chi connectivity index (χ2v) is 11.3. The lowest BCUT2D eigenvalue weighted by atomic mass is 9.62. The zero-order valence-electron chi connectivity index (χ0n) is 22.7. The van der Waals surface area contributed by atoms with Crippen molar-refractivity contribution in [3.63, 3.8) is 0 Å². The van der Waals surface area contributed by atoms with Crippen LogP contribution in [0.25, 0.3) is 0 Å². The van der Waals surface area contributed by atoms with Gasteiger partial charge in [0.25, 0.3) is 5.91 Å². The summed E-state index contributed by atoms with van der Waals surface area (Å²) in [5, 5.41) is 9.67. The van der Waals surface area contributed by atoms with E-state index in [2.05, 4.69) is 6.58 Å². The first-order valence-electron chi connectivity index (χ1n) is 13.5. The molecule has 4 rings (SSSR count). The van der Waals surface area contributed by atoms with Crippen LogP contribution in [-0.4, -0.2) is 71.3 Å². The first-order valence-corrected chi connectivity index (χ1v) is 13.9. The summed E-state index contributed by atoms with van der Waals surface area (Å²) < 4.78 is 12.2. The zero-order chi connectivity index (χ0) is 27.8. The lowest BCUT2D eigenvalue weighted by Crippen LogP contribution is -2.57. The van der Waals surface area contributed by atoms with E-state index in [1.807, 2.05) is 32.9 Å². The van der Waals surface area contributed by atoms with Gasteiger partial charge in [0.1, 0.15) is 17.6 Å². The molecule has 1 spiro atoms. The molecule has 0 radical (unpaired) electrons. The molecule has 1 aromatic rings. The van der Waals surface area contributed by atoms with Crippen molar-refractivity contribution in [2.45, 2.75) is 70.6 Å². The van der Waals surface area contributed by atoms with Gasteiger partial charge in [0, 0.05) is 19.7 Å². The summed E-state index contributed by atoms with van der Waals surface area (Å²) in [6.07, 6.45) is 4.03. The van der Waals surface area contributed by atoms with Gasteiger partial charge < -0.3 is 24.4 Å². The van der Waals surface area contributed by atoms with Crippen LogP contribution in [0.4, 0.5) is 5.69 Å². The number of likely N-dealkylation sites (tertiary alicyclic amines) is 1. The van der Waals surface area contributed by atoms with Crippen LogP contribution in [-0.2, 0) is 23.9 Å². The highest BCUT2D eigenvalue weighted by Gasteiger charge is 2.80. The third kappa shape index (κ3) is 4.34. The van der Waals surface area contributed by atoms with Crippen molar-refractivity contribution < 1.29 is 29.0 Å². The average molecular weight is 547 g/mol. The Bertz CT molecular complexity index is 1090. The van der Waals surface area contributed by atoms with E-state index in [-0.39, 0.29) is 37.5 Å². The predicted octanol–water partition coefficient (Wildman–Crippen LogP) is 3.90. The van der Waals surface area contributed by atoms with E-state index >= 15 is 0 Å². The second kappa shape index (κ2) is 11.0. The van der Waals surface area contributed by atoms with Crippen molar-refractivity contribution in [1.29, 1.82) is 0 Å². The SMILES string of the molecule is C=CCN(C(=O)C1N(CCCCCO)C(=O)[C@@H]2[C@H](C(=O)OCC)[C@@]3(C)OC12CC3C)c1c(C)cccc1Cl. The van der Waals surface area contributed by atoms with Gasteiger partial charge in [-0.2, -0.15) is 0 Å². The molecule has 1 N–H and O–H groups in total. The third-order valence-corrected chi connectivity index (χ3v) is 8.99. The van der Waals surface area contributed by atoms with Crippen LogP contribution < -0.4 is 4.90 Å². The fourth-order valence-corrected chi connectivity index (χ4v) is 7.28. The molecule has 2 amide bonds. The van der Waals surface area contributed by atoms with Crippen molar-refractivity contribution in [3.8, 4) is 0 Å². The van der Waals surface area contributed by atoms with E-state index in [1.54, 1.807) is 28.9 Å². The van der Waals surface area contributed by atoms with Gasteiger partial charge in [-0.25, -0.2) is 0 Å². The zero-order valence-corrected chi connectivity index (χ0v) is 23.5. The number of unbranched alkanes of at least 4 members (excludes halogenated alkanes) is 2. The predicted molar refractivity (Wildman–Crippen MR) is 145 cm³/mol. The number of esters is 1. The first kappa shape index (κ1) is 28.6. The smallest absolute Gasteiger partial charge is 0.312 e. The Kier molecular flexibility index (Phi) is 8.26. The molecular formula is C29H39ClN2O6. The van der Waals surface area contributed by atoms with Gasteiger partial charge in [-0.15, -0.1) is 6.58 Å². The average Bonchev–Trinajstić information content (AvgIpc) is 3.37. The molecule has 208 valence electrons. The van der Waals surface area contributed by atoms with Crippen LogP contribution in [0, 0.1) is 24.7 Å². The van der Waals surface area contributed by atoms with E-state index in [9.17, 15) is 19.5 Å². The maximum atomic E-state index is 14.6. The van der Waals surface area contributed by atoms with Gasteiger partial charge in [-0.1, -0.05) is 36.7 Å². The van der Waals surface area contributed by atoms with E-state index in [1.165, 1.54) is 0 Å². The summed E-state index contributed by atoms with van der Waals surface area (Å²) in [5.41, 5.74) is -0.689. The maximum absolute atomic E-state index is 14.6. The normalized spacial score (nSPS) is 31.4. The third-order valence-electron chi connectivity index (χ3n) is 8.68. The van der Waals surface area contributed by atoms with Gasteiger partial charge in [-0.05, 0) is 64.0 Å². The monoisotopic (exact) mass is 546 g/mol. The number of benzene rings is 1. The van der Waals surface area contributed by atoms with Crippen LogP contribution in [0.3, 0.4) is 0 Å². The van der Waals surface area contributed by atoms with Crippen LogP contribution in [0.15, 0.2) is 30.9 Å². The van der Waals surface area contributed by atoms with Gasteiger partial charge in [0.05, 0.1) is 28.8 Å². The minimum atomic E-state index is -1.16. The minimum Gasteiger partial charge on any atom is -0.466 e. The summed E-state index contributed by atoms with van der Waals surface area (Å²) >= 11 is 6.60. The standard InChI is InChI=1S/C29H39ClN2O6/c1-6-14-31(23-18(3)12-11-13-20(23)30)26(35)24-29-17-19(4)28(5,38-29)22(27(36)37-7-2)21(29)25(34)32(24)15-9-8-10-16-33/h6,11-13,19,21-22,24,33H,1,7-10,14-17H2,2-5H3/t19?,21-,22+,24?,28-,29?/m0/s1. The number of ether oxygens (including phenoxy) is 2. The Morgan fingerprint density at radius 2 is 2.08 bits per heavy atom. The Morgan fingerprint density at radius 3 is 2.71 bits per heavy atom. The van der Waals surface area contributed by atoms with Crippen LogP contribution in [0.5, 0.6) is 0 Å². The van der Waals surface area contributed by atoms with Gasteiger partial charge in [-0.3, -0.25) is 14.4 Å². The van der Waals surface area contributed by atoms with Gasteiger partial charge >= 0.3 is 5.97 Å². The molecule has 3 saturated heterocycles. The number of carbonyl (C=O) groups excluding carboxylic acids is 3. The van der Waals surface area contributed by atoms with E-state index in [0.29, 0.717) is 42.9 Å². The highest BCUT2D eigenvalue weighted by atomic mass is 35.5. The molecule has 0 saturated carbocycles. The number of aliphatic hydroxyl groups excluding tert-OH is 1. The summed E-state index contributed by atoms with van der Waals surface area (Å²) in [5.74, 6) is -2.70. The Labute approximate surface area is 229 Å². The molecule has 1 aromatic carbocycles. The number of fused-ring (bicyclic) bond motifs is 1. The van der Waals surface area contributed by atoms with Gasteiger partial charge in [0.2, 0.25) is 5.91 Å². The topological polar surface area (TPSA) is 96.4 Å². The molecule has 3 unspecified atom stereocenters. The Hall–Kier alpha value is -2.42. The molecule has 3 fully saturated rings. The molecule has 0 aliphatic carbocycles. The van der Waals surface area contributed by atoms with Crippen molar-refractivity contribution in [3.05, 3.63) is 41.4 Å². The summed E-state index contributed by atoms with van der Waals surface area (Å²) in [6.45, 7) is 12.1. The van der Waals surface area contributed by atoms with Crippen molar-refractivity contribution >= 4 is 35.1 Å². The molecular weight excluding hydrogens is 508 g/mol. The summed E-state index contributed by atoms with van der Waals surface area (Å²) in [6, 6.07) is 4.51. The number of anilines is 1. The molecule has 38 heavy (non-hydrogen) atoms. The molecule has 3 aliphatic heterocycles. The first-order chi connectivity index (χ1) is 18.1. The molecule has 8 nitrogen and oxygen atoms in total. The van der Waals surface area contributed by atoms with E-state index in [0.717, 1.165) is 5.56 Å². The van der Waals surface area contributed by atoms with E-state index in [4.69, 9.17) is 21.1 Å². The lowest BCUT2D eigenvalue weighted by Gasteiger charge is -2.37. The maximum Gasteiger partial charge on any atom is 0.312 e. The fraction of sp³-hybridized carbons (Fsp3) is 0.621. The number of aliphatic hydroxyl groups is 1.